The Morgan fingerprint density at radius 3 is 2.28 bits per heavy atom. The lowest BCUT2D eigenvalue weighted by atomic mass is 9.86. The minimum Gasteiger partial charge on any atom is -0.497 e. The summed E-state index contributed by atoms with van der Waals surface area (Å²) < 4.78 is 7.28. The van der Waals surface area contributed by atoms with Gasteiger partial charge in [-0.3, -0.25) is 14.2 Å². The Morgan fingerprint density at radius 2 is 1.62 bits per heavy atom. The maximum Gasteiger partial charge on any atom is 0.262 e. The number of methoxy groups -OCH3 is 1. The molecule has 2 saturated carbocycles. The summed E-state index contributed by atoms with van der Waals surface area (Å²) in [5, 5.41) is 1.49. The molecule has 208 valence electrons. The third-order valence-electron chi connectivity index (χ3n) is 9.00. The number of halogens is 1. The number of nitrogens with zero attached hydrogens (tertiary/aromatic N) is 2. The van der Waals surface area contributed by atoms with Gasteiger partial charge < -0.3 is 9.64 Å². The standard InChI is InChI=1S/C33H41ClN2O3/c1-23-29(22-32(37)35(27-11-7-4-8-12-27)20-19-24-9-5-3-6-10-24)30-21-28(39-2)17-18-31(30)36(23)33(38)25-13-15-26(34)16-14-25/h13-18,21,24,27H,3-12,19-20,22H2,1-2H3. The van der Waals surface area contributed by atoms with Gasteiger partial charge in [-0.1, -0.05) is 63.0 Å². The fourth-order valence-corrected chi connectivity index (χ4v) is 6.88. The molecule has 0 saturated heterocycles. The van der Waals surface area contributed by atoms with E-state index in [0.29, 0.717) is 22.4 Å². The van der Waals surface area contributed by atoms with Crippen LogP contribution in [0.1, 0.15) is 92.2 Å². The van der Waals surface area contributed by atoms with Crippen LogP contribution in [0.4, 0.5) is 0 Å². The quantitative estimate of drug-likeness (QED) is 0.287. The Balaban J connectivity index is 1.47. The van der Waals surface area contributed by atoms with Crippen LogP contribution in [0, 0.1) is 12.8 Å². The van der Waals surface area contributed by atoms with Crippen molar-refractivity contribution in [2.75, 3.05) is 13.7 Å². The lowest BCUT2D eigenvalue weighted by molar-refractivity contribution is -0.133. The first-order chi connectivity index (χ1) is 19.0. The maximum atomic E-state index is 14.1. The first-order valence-corrected chi connectivity index (χ1v) is 15.1. The van der Waals surface area contributed by atoms with E-state index in [1.807, 2.05) is 25.1 Å². The molecule has 1 aromatic heterocycles. The van der Waals surface area contributed by atoms with E-state index in [4.69, 9.17) is 16.3 Å². The van der Waals surface area contributed by atoms with Crippen LogP contribution in [-0.4, -0.2) is 41.0 Å². The van der Waals surface area contributed by atoms with Gasteiger partial charge in [0.1, 0.15) is 5.75 Å². The van der Waals surface area contributed by atoms with Crippen LogP contribution >= 0.6 is 11.6 Å². The van der Waals surface area contributed by atoms with Crippen LogP contribution in [0.2, 0.25) is 5.02 Å². The van der Waals surface area contributed by atoms with Crippen molar-refractivity contribution < 1.29 is 14.3 Å². The number of carbonyl (C=O) groups excluding carboxylic acids is 2. The second-order valence-electron chi connectivity index (χ2n) is 11.4. The van der Waals surface area contributed by atoms with Crippen molar-refractivity contribution in [3.63, 3.8) is 0 Å². The number of carbonyl (C=O) groups is 2. The van der Waals surface area contributed by atoms with E-state index in [2.05, 4.69) is 4.90 Å². The molecule has 5 rings (SSSR count). The van der Waals surface area contributed by atoms with Gasteiger partial charge in [-0.2, -0.15) is 0 Å². The molecule has 39 heavy (non-hydrogen) atoms. The third kappa shape index (κ3) is 6.19. The molecular weight excluding hydrogens is 508 g/mol. The maximum absolute atomic E-state index is 14.1. The van der Waals surface area contributed by atoms with E-state index >= 15 is 0 Å². The minimum absolute atomic E-state index is 0.125. The Kier molecular flexibility index (Phi) is 8.96. The third-order valence-corrected chi connectivity index (χ3v) is 9.25. The summed E-state index contributed by atoms with van der Waals surface area (Å²) in [4.78, 5) is 30.0. The number of amides is 1. The molecule has 2 aliphatic rings. The van der Waals surface area contributed by atoms with Gasteiger partial charge >= 0.3 is 0 Å². The van der Waals surface area contributed by atoms with Crippen molar-refractivity contribution in [3.8, 4) is 5.75 Å². The van der Waals surface area contributed by atoms with E-state index in [9.17, 15) is 9.59 Å². The van der Waals surface area contributed by atoms with Gasteiger partial charge in [0.2, 0.25) is 5.91 Å². The number of fused-ring (bicyclic) bond motifs is 1. The average molecular weight is 549 g/mol. The highest BCUT2D eigenvalue weighted by molar-refractivity contribution is 6.30. The number of ether oxygens (including phenoxy) is 1. The van der Waals surface area contributed by atoms with Gasteiger partial charge in [0.05, 0.1) is 19.0 Å². The van der Waals surface area contributed by atoms with Gasteiger partial charge in [-0.05, 0) is 80.1 Å². The van der Waals surface area contributed by atoms with Crippen molar-refractivity contribution in [1.29, 1.82) is 0 Å². The van der Waals surface area contributed by atoms with E-state index in [0.717, 1.165) is 53.9 Å². The van der Waals surface area contributed by atoms with Crippen LogP contribution in [0.25, 0.3) is 10.9 Å². The first kappa shape index (κ1) is 27.8. The zero-order chi connectivity index (χ0) is 27.4. The zero-order valence-electron chi connectivity index (χ0n) is 23.4. The topological polar surface area (TPSA) is 51.5 Å². The molecule has 2 fully saturated rings. The average Bonchev–Trinajstić information content (AvgIpc) is 3.24. The summed E-state index contributed by atoms with van der Waals surface area (Å²) in [7, 11) is 1.64. The molecule has 2 aliphatic carbocycles. The van der Waals surface area contributed by atoms with Gasteiger partial charge in [0.25, 0.3) is 5.91 Å². The van der Waals surface area contributed by atoms with E-state index < -0.39 is 0 Å². The fourth-order valence-electron chi connectivity index (χ4n) is 6.75. The summed E-state index contributed by atoms with van der Waals surface area (Å²) in [6.45, 7) is 2.80. The van der Waals surface area contributed by atoms with Gasteiger partial charge in [-0.25, -0.2) is 0 Å². The molecule has 1 heterocycles. The smallest absolute Gasteiger partial charge is 0.262 e. The number of hydrogen-bond acceptors (Lipinski definition) is 3. The SMILES string of the molecule is COc1ccc2c(c1)c(CC(=O)N(CCC1CCCCC1)C1CCCCC1)c(C)n2C(=O)c1ccc(Cl)cc1. The van der Waals surface area contributed by atoms with Crippen LogP contribution in [0.15, 0.2) is 42.5 Å². The van der Waals surface area contributed by atoms with E-state index in [1.54, 1.807) is 35.9 Å². The van der Waals surface area contributed by atoms with Gasteiger partial charge in [0, 0.05) is 34.3 Å². The Hall–Kier alpha value is -2.79. The van der Waals surface area contributed by atoms with Gasteiger partial charge in [-0.15, -0.1) is 0 Å². The minimum atomic E-state index is -0.125. The summed E-state index contributed by atoms with van der Waals surface area (Å²) in [5.74, 6) is 1.51. The van der Waals surface area contributed by atoms with E-state index in [-0.39, 0.29) is 18.2 Å². The van der Waals surface area contributed by atoms with Crippen molar-refractivity contribution in [1.82, 2.24) is 9.47 Å². The molecule has 1 amide bonds. The second kappa shape index (κ2) is 12.6. The Morgan fingerprint density at radius 1 is 0.949 bits per heavy atom. The molecule has 6 heteroatoms. The first-order valence-electron chi connectivity index (χ1n) is 14.7. The highest BCUT2D eigenvalue weighted by atomic mass is 35.5. The highest BCUT2D eigenvalue weighted by Crippen LogP contribution is 2.33. The molecule has 2 aromatic carbocycles. The highest BCUT2D eigenvalue weighted by Gasteiger charge is 2.29. The second-order valence-corrected chi connectivity index (χ2v) is 11.9. The van der Waals surface area contributed by atoms with Crippen molar-refractivity contribution in [2.45, 2.75) is 90.0 Å². The molecule has 0 atom stereocenters. The summed E-state index contributed by atoms with van der Waals surface area (Å²) in [5.41, 5.74) is 3.07. The number of aromatic nitrogens is 1. The molecule has 5 nitrogen and oxygen atoms in total. The Labute approximate surface area is 237 Å². The predicted octanol–water partition coefficient (Wildman–Crippen LogP) is 7.97. The van der Waals surface area contributed by atoms with Crippen molar-refractivity contribution in [3.05, 3.63) is 64.3 Å². The Bertz CT molecular complexity index is 1300. The number of hydrogen-bond donors (Lipinski definition) is 0. The molecule has 0 spiro atoms. The molecular formula is C33H41ClN2O3. The monoisotopic (exact) mass is 548 g/mol. The molecule has 0 aliphatic heterocycles. The van der Waals surface area contributed by atoms with Crippen molar-refractivity contribution in [2.24, 2.45) is 5.92 Å². The molecule has 0 radical (unpaired) electrons. The largest absolute Gasteiger partial charge is 0.497 e. The molecule has 0 N–H and O–H groups in total. The van der Waals surface area contributed by atoms with Gasteiger partial charge in [0.15, 0.2) is 0 Å². The van der Waals surface area contributed by atoms with Crippen molar-refractivity contribution >= 4 is 34.3 Å². The van der Waals surface area contributed by atoms with Crippen LogP contribution in [0.5, 0.6) is 5.75 Å². The van der Waals surface area contributed by atoms with Crippen LogP contribution in [-0.2, 0) is 11.2 Å². The number of benzene rings is 2. The lowest BCUT2D eigenvalue weighted by Gasteiger charge is -2.36. The summed E-state index contributed by atoms with van der Waals surface area (Å²) in [6.07, 6.45) is 13.8. The van der Waals surface area contributed by atoms with Crippen LogP contribution < -0.4 is 4.74 Å². The molecule has 3 aromatic rings. The van der Waals surface area contributed by atoms with E-state index in [1.165, 1.54) is 51.4 Å². The molecule has 0 bridgehead atoms. The number of rotatable bonds is 8. The summed E-state index contributed by atoms with van der Waals surface area (Å²) in [6, 6.07) is 13.1. The lowest BCUT2D eigenvalue weighted by Crippen LogP contribution is -2.43. The molecule has 0 unspecified atom stereocenters. The normalized spacial score (nSPS) is 16.9. The zero-order valence-corrected chi connectivity index (χ0v) is 24.1. The summed E-state index contributed by atoms with van der Waals surface area (Å²) >= 11 is 6.08. The van der Waals surface area contributed by atoms with Crippen LogP contribution in [0.3, 0.4) is 0 Å². The predicted molar refractivity (Wildman–Crippen MR) is 158 cm³/mol. The fraction of sp³-hybridized carbons (Fsp3) is 0.515.